The third kappa shape index (κ3) is 3.23. The van der Waals surface area contributed by atoms with E-state index in [1.807, 2.05) is 12.1 Å². The fourth-order valence-electron chi connectivity index (χ4n) is 2.11. The Hall–Kier alpha value is -2.17. The van der Waals surface area contributed by atoms with E-state index >= 15 is 0 Å². The summed E-state index contributed by atoms with van der Waals surface area (Å²) >= 11 is 0. The van der Waals surface area contributed by atoms with Gasteiger partial charge in [-0.2, -0.15) is 5.10 Å². The highest BCUT2D eigenvalue weighted by atomic mass is 16.5. The molecule has 0 saturated carbocycles. The Labute approximate surface area is 118 Å². The zero-order valence-electron chi connectivity index (χ0n) is 11.9. The molecular formula is C15H19N3O2. The van der Waals surface area contributed by atoms with Gasteiger partial charge in [-0.1, -0.05) is 6.92 Å². The normalized spacial score (nSPS) is 10.5. The third-order valence-corrected chi connectivity index (χ3v) is 3.12. The second kappa shape index (κ2) is 6.84. The smallest absolute Gasteiger partial charge is 0.185 e. The van der Waals surface area contributed by atoms with Crippen molar-refractivity contribution in [3.05, 3.63) is 42.0 Å². The number of carbonyl (C=O) groups is 1. The van der Waals surface area contributed by atoms with E-state index in [4.69, 9.17) is 4.74 Å². The molecule has 0 fully saturated rings. The van der Waals surface area contributed by atoms with Gasteiger partial charge in [-0.15, -0.1) is 0 Å². The van der Waals surface area contributed by atoms with Crippen molar-refractivity contribution in [2.45, 2.75) is 32.7 Å². The molecule has 5 nitrogen and oxygen atoms in total. The van der Waals surface area contributed by atoms with Gasteiger partial charge < -0.3 is 4.74 Å². The van der Waals surface area contributed by atoms with Gasteiger partial charge in [-0.05, 0) is 30.5 Å². The topological polar surface area (TPSA) is 57.0 Å². The SMILES string of the molecule is CCCn1ncc(OC)c1C(=O)CCc1ccncc1. The molecule has 5 heteroatoms. The number of nitrogens with zero attached hydrogens (tertiary/aromatic N) is 3. The highest BCUT2D eigenvalue weighted by Crippen LogP contribution is 2.20. The van der Waals surface area contributed by atoms with E-state index in [-0.39, 0.29) is 5.78 Å². The first-order valence-corrected chi connectivity index (χ1v) is 6.78. The lowest BCUT2D eigenvalue weighted by atomic mass is 10.1. The summed E-state index contributed by atoms with van der Waals surface area (Å²) in [5, 5.41) is 4.21. The van der Waals surface area contributed by atoms with E-state index < -0.39 is 0 Å². The van der Waals surface area contributed by atoms with Crippen molar-refractivity contribution in [1.29, 1.82) is 0 Å². The molecule has 0 amide bonds. The summed E-state index contributed by atoms with van der Waals surface area (Å²) in [5.41, 5.74) is 1.68. The molecule has 106 valence electrons. The number of hydrogen-bond donors (Lipinski definition) is 0. The van der Waals surface area contributed by atoms with Gasteiger partial charge in [0.15, 0.2) is 11.5 Å². The van der Waals surface area contributed by atoms with Crippen LogP contribution in [0.3, 0.4) is 0 Å². The average molecular weight is 273 g/mol. The molecule has 0 atom stereocenters. The predicted octanol–water partition coefficient (Wildman–Crippen LogP) is 2.51. The van der Waals surface area contributed by atoms with Crippen LogP contribution in [0.15, 0.2) is 30.7 Å². The van der Waals surface area contributed by atoms with Gasteiger partial charge >= 0.3 is 0 Å². The number of Topliss-reactive ketones (excluding diaryl/α,β-unsaturated/α-hetero) is 1. The van der Waals surface area contributed by atoms with E-state index in [9.17, 15) is 4.79 Å². The van der Waals surface area contributed by atoms with Crippen LogP contribution in [0.2, 0.25) is 0 Å². The van der Waals surface area contributed by atoms with E-state index in [1.165, 1.54) is 0 Å². The molecule has 0 N–H and O–H groups in total. The number of pyridine rings is 1. The highest BCUT2D eigenvalue weighted by molar-refractivity contribution is 5.97. The van der Waals surface area contributed by atoms with Crippen LogP contribution in [-0.2, 0) is 13.0 Å². The Bertz CT molecular complexity index is 564. The molecule has 0 spiro atoms. The largest absolute Gasteiger partial charge is 0.493 e. The summed E-state index contributed by atoms with van der Waals surface area (Å²) in [6.45, 7) is 2.78. The molecule has 2 heterocycles. The number of methoxy groups -OCH3 is 1. The lowest BCUT2D eigenvalue weighted by Gasteiger charge is -2.07. The monoisotopic (exact) mass is 273 g/mol. The van der Waals surface area contributed by atoms with Crippen molar-refractivity contribution in [2.24, 2.45) is 0 Å². The van der Waals surface area contributed by atoms with Crippen LogP contribution in [-0.4, -0.2) is 27.7 Å². The van der Waals surface area contributed by atoms with Gasteiger partial charge in [0.2, 0.25) is 0 Å². The van der Waals surface area contributed by atoms with Crippen molar-refractivity contribution in [3.8, 4) is 5.75 Å². The standard InChI is InChI=1S/C15H19N3O2/c1-3-10-18-15(14(20-2)11-17-18)13(19)5-4-12-6-8-16-9-7-12/h6-9,11H,3-5,10H2,1-2H3. The van der Waals surface area contributed by atoms with E-state index in [1.54, 1.807) is 30.4 Å². The molecule has 2 aromatic heterocycles. The Balaban J connectivity index is 2.10. The highest BCUT2D eigenvalue weighted by Gasteiger charge is 2.18. The molecule has 0 aromatic carbocycles. The summed E-state index contributed by atoms with van der Waals surface area (Å²) in [4.78, 5) is 16.4. The van der Waals surface area contributed by atoms with Gasteiger partial charge in [0.1, 0.15) is 5.69 Å². The molecule has 2 rings (SSSR count). The minimum absolute atomic E-state index is 0.0598. The quantitative estimate of drug-likeness (QED) is 0.727. The van der Waals surface area contributed by atoms with Crippen LogP contribution in [0, 0.1) is 0 Å². The zero-order valence-corrected chi connectivity index (χ0v) is 11.9. The fourth-order valence-corrected chi connectivity index (χ4v) is 2.11. The first-order valence-electron chi connectivity index (χ1n) is 6.78. The van der Waals surface area contributed by atoms with Gasteiger partial charge in [0.25, 0.3) is 0 Å². The number of rotatable bonds is 7. The molecule has 0 aliphatic carbocycles. The maximum Gasteiger partial charge on any atom is 0.185 e. The minimum Gasteiger partial charge on any atom is -0.493 e. The molecule has 20 heavy (non-hydrogen) atoms. The van der Waals surface area contributed by atoms with Gasteiger partial charge in [-0.3, -0.25) is 14.5 Å². The van der Waals surface area contributed by atoms with E-state index in [0.717, 1.165) is 18.5 Å². The summed E-state index contributed by atoms with van der Waals surface area (Å²) in [7, 11) is 1.56. The number of hydrogen-bond acceptors (Lipinski definition) is 4. The third-order valence-electron chi connectivity index (χ3n) is 3.12. The number of carbonyl (C=O) groups excluding carboxylic acids is 1. The van der Waals surface area contributed by atoms with Crippen LogP contribution >= 0.6 is 0 Å². The van der Waals surface area contributed by atoms with Crippen molar-refractivity contribution in [3.63, 3.8) is 0 Å². The van der Waals surface area contributed by atoms with Crippen LogP contribution < -0.4 is 4.74 Å². The summed E-state index contributed by atoms with van der Waals surface area (Å²) in [5.74, 6) is 0.614. The second-order valence-electron chi connectivity index (χ2n) is 4.56. The Morgan fingerprint density at radius 3 is 2.75 bits per heavy atom. The first kappa shape index (κ1) is 14.2. The second-order valence-corrected chi connectivity index (χ2v) is 4.56. The first-order chi connectivity index (χ1) is 9.76. The van der Waals surface area contributed by atoms with Crippen molar-refractivity contribution >= 4 is 5.78 Å². The van der Waals surface area contributed by atoms with Gasteiger partial charge in [-0.25, -0.2) is 0 Å². The zero-order chi connectivity index (χ0) is 14.4. The molecule has 0 bridgehead atoms. The van der Waals surface area contributed by atoms with E-state index in [0.29, 0.717) is 24.3 Å². The predicted molar refractivity (Wildman–Crippen MR) is 76.0 cm³/mol. The van der Waals surface area contributed by atoms with Crippen LogP contribution in [0.1, 0.15) is 35.8 Å². The number of ketones is 1. The molecule has 2 aromatic rings. The van der Waals surface area contributed by atoms with Gasteiger partial charge in [0, 0.05) is 25.4 Å². The molecule has 0 saturated heterocycles. The maximum absolute atomic E-state index is 12.4. The molecule has 0 aliphatic heterocycles. The lowest BCUT2D eigenvalue weighted by molar-refractivity contribution is 0.0969. The van der Waals surface area contributed by atoms with Crippen molar-refractivity contribution in [1.82, 2.24) is 14.8 Å². The Morgan fingerprint density at radius 2 is 2.10 bits per heavy atom. The average Bonchev–Trinajstić information content (AvgIpc) is 2.89. The summed E-state index contributed by atoms with van der Waals surface area (Å²) in [6, 6.07) is 3.85. The lowest BCUT2D eigenvalue weighted by Crippen LogP contribution is -2.12. The molecule has 0 aliphatic rings. The van der Waals surface area contributed by atoms with Crippen LogP contribution in [0.4, 0.5) is 0 Å². The van der Waals surface area contributed by atoms with Crippen LogP contribution in [0.5, 0.6) is 5.75 Å². The minimum atomic E-state index is 0.0598. The van der Waals surface area contributed by atoms with Crippen LogP contribution in [0.25, 0.3) is 0 Å². The van der Waals surface area contributed by atoms with E-state index in [2.05, 4.69) is 17.0 Å². The van der Waals surface area contributed by atoms with Gasteiger partial charge in [0.05, 0.1) is 13.3 Å². The Morgan fingerprint density at radius 1 is 1.35 bits per heavy atom. The number of aryl methyl sites for hydroxylation is 2. The summed E-state index contributed by atoms with van der Waals surface area (Å²) in [6.07, 6.45) is 7.14. The van der Waals surface area contributed by atoms with Crippen molar-refractivity contribution in [2.75, 3.05) is 7.11 Å². The number of aromatic nitrogens is 3. The number of ether oxygens (including phenoxy) is 1. The maximum atomic E-state index is 12.4. The molecular weight excluding hydrogens is 254 g/mol. The Kier molecular flexibility index (Phi) is 4.87. The van der Waals surface area contributed by atoms with Crippen molar-refractivity contribution < 1.29 is 9.53 Å². The fraction of sp³-hybridized carbons (Fsp3) is 0.400. The molecule has 0 radical (unpaired) electrons. The summed E-state index contributed by atoms with van der Waals surface area (Å²) < 4.78 is 6.96. The molecule has 0 unspecified atom stereocenters.